The standard InChI is InChI=1S/C25H37BrN2O6/c1-5-8-10-13-33-24(32)18-19-22(30)28(16(4)15-29)21(25(19)14-17(26)20(18)34-25)23(31)27(11-7-3)12-9-6-2/h5,7,16-21,29H,1,3,6,8-15H2,2,4H3/t16-,17?,18-,19+,20-,21?,25?/m1/s1. The Balaban J connectivity index is 1.97. The van der Waals surface area contributed by atoms with E-state index in [0.29, 0.717) is 25.9 Å². The van der Waals surface area contributed by atoms with Gasteiger partial charge in [0.25, 0.3) is 0 Å². The Bertz CT molecular complexity index is 806. The van der Waals surface area contributed by atoms with Crippen LogP contribution in [0.15, 0.2) is 25.3 Å². The molecule has 190 valence electrons. The normalized spacial score (nSPS) is 32.4. The number of carbonyl (C=O) groups excluding carboxylic acids is 3. The number of aliphatic hydroxyl groups is 1. The number of unbranched alkanes of at least 4 members (excludes halogenated alkanes) is 2. The molecule has 1 spiro atoms. The summed E-state index contributed by atoms with van der Waals surface area (Å²) in [5, 5.41) is 9.94. The van der Waals surface area contributed by atoms with Crippen LogP contribution in [0.4, 0.5) is 0 Å². The Morgan fingerprint density at radius 1 is 1.38 bits per heavy atom. The Labute approximate surface area is 210 Å². The van der Waals surface area contributed by atoms with Crippen LogP contribution in [0.5, 0.6) is 0 Å². The van der Waals surface area contributed by atoms with E-state index in [4.69, 9.17) is 9.47 Å². The maximum atomic E-state index is 14.0. The molecule has 0 aromatic heterocycles. The lowest BCUT2D eigenvalue weighted by atomic mass is 9.70. The van der Waals surface area contributed by atoms with Gasteiger partial charge in [0.05, 0.1) is 37.2 Å². The van der Waals surface area contributed by atoms with E-state index in [0.717, 1.165) is 19.3 Å². The van der Waals surface area contributed by atoms with Gasteiger partial charge in [-0.15, -0.1) is 13.2 Å². The monoisotopic (exact) mass is 540 g/mol. The number of ether oxygens (including phenoxy) is 2. The van der Waals surface area contributed by atoms with Gasteiger partial charge in [-0.05, 0) is 32.6 Å². The van der Waals surface area contributed by atoms with Gasteiger partial charge in [-0.1, -0.05) is 41.4 Å². The number of likely N-dealkylation sites (tertiary alicyclic amines) is 1. The molecular formula is C25H37BrN2O6. The fourth-order valence-corrected chi connectivity index (χ4v) is 6.59. The number of hydrogen-bond acceptors (Lipinski definition) is 6. The Morgan fingerprint density at radius 2 is 2.12 bits per heavy atom. The predicted molar refractivity (Wildman–Crippen MR) is 131 cm³/mol. The average molecular weight is 541 g/mol. The second-order valence-corrected chi connectivity index (χ2v) is 10.6. The smallest absolute Gasteiger partial charge is 0.312 e. The van der Waals surface area contributed by atoms with E-state index in [1.807, 2.05) is 6.92 Å². The SMILES string of the molecule is C=CCCCOC(=O)[C@H]1[C@@H]2OC3(CC2Br)C(C(=O)N(CC=C)CCCC)N([C@H](C)CO)C(=O)[C@H]13. The van der Waals surface area contributed by atoms with Crippen molar-refractivity contribution in [1.29, 1.82) is 0 Å². The molecule has 0 saturated carbocycles. The number of hydrogen-bond donors (Lipinski definition) is 1. The minimum Gasteiger partial charge on any atom is -0.465 e. The number of allylic oxidation sites excluding steroid dienone is 1. The van der Waals surface area contributed by atoms with Gasteiger partial charge in [-0.3, -0.25) is 14.4 Å². The van der Waals surface area contributed by atoms with Crippen molar-refractivity contribution in [2.45, 2.75) is 74.6 Å². The molecule has 3 aliphatic rings. The van der Waals surface area contributed by atoms with Crippen molar-refractivity contribution in [1.82, 2.24) is 9.80 Å². The fraction of sp³-hybridized carbons (Fsp3) is 0.720. The van der Waals surface area contributed by atoms with Crippen LogP contribution in [-0.4, -0.2) is 87.6 Å². The van der Waals surface area contributed by atoms with E-state index in [-0.39, 0.29) is 29.9 Å². The minimum atomic E-state index is -1.15. The summed E-state index contributed by atoms with van der Waals surface area (Å²) in [7, 11) is 0. The number of carbonyl (C=O) groups is 3. The van der Waals surface area contributed by atoms with Gasteiger partial charge in [0.1, 0.15) is 11.6 Å². The number of rotatable bonds is 13. The van der Waals surface area contributed by atoms with Gasteiger partial charge >= 0.3 is 5.97 Å². The van der Waals surface area contributed by atoms with E-state index in [1.54, 1.807) is 24.0 Å². The van der Waals surface area contributed by atoms with Crippen LogP contribution >= 0.6 is 15.9 Å². The number of fused-ring (bicyclic) bond motifs is 1. The maximum absolute atomic E-state index is 14.0. The molecule has 7 atom stereocenters. The first-order valence-electron chi connectivity index (χ1n) is 12.2. The highest BCUT2D eigenvalue weighted by Gasteiger charge is 2.77. The van der Waals surface area contributed by atoms with Gasteiger partial charge in [-0.2, -0.15) is 0 Å². The molecule has 2 bridgehead atoms. The molecule has 2 amide bonds. The third-order valence-corrected chi connectivity index (χ3v) is 8.06. The molecule has 3 heterocycles. The van der Waals surface area contributed by atoms with Gasteiger partial charge in [-0.25, -0.2) is 0 Å². The highest BCUT2D eigenvalue weighted by atomic mass is 79.9. The van der Waals surface area contributed by atoms with Crippen molar-refractivity contribution in [2.24, 2.45) is 11.8 Å². The van der Waals surface area contributed by atoms with Crippen LogP contribution in [0.2, 0.25) is 0 Å². The van der Waals surface area contributed by atoms with E-state index >= 15 is 0 Å². The summed E-state index contributed by atoms with van der Waals surface area (Å²) in [5.41, 5.74) is -1.15. The Kier molecular flexibility index (Phi) is 8.98. The van der Waals surface area contributed by atoms with E-state index in [9.17, 15) is 19.5 Å². The van der Waals surface area contributed by atoms with Crippen molar-refractivity contribution >= 4 is 33.7 Å². The van der Waals surface area contributed by atoms with E-state index < -0.39 is 41.6 Å². The summed E-state index contributed by atoms with van der Waals surface area (Å²) < 4.78 is 12.0. The molecule has 3 saturated heterocycles. The van der Waals surface area contributed by atoms with Crippen LogP contribution in [0.1, 0.15) is 46.0 Å². The van der Waals surface area contributed by atoms with Crippen molar-refractivity contribution in [3.05, 3.63) is 25.3 Å². The fourth-order valence-electron chi connectivity index (χ4n) is 5.64. The van der Waals surface area contributed by atoms with Gasteiger partial charge in [0, 0.05) is 17.9 Å². The van der Waals surface area contributed by atoms with Crippen LogP contribution in [0.3, 0.4) is 0 Å². The molecule has 1 N–H and O–H groups in total. The molecule has 0 aliphatic carbocycles. The summed E-state index contributed by atoms with van der Waals surface area (Å²) in [6, 6.07) is -1.52. The summed E-state index contributed by atoms with van der Waals surface area (Å²) in [6.45, 7) is 12.0. The zero-order valence-electron chi connectivity index (χ0n) is 20.2. The summed E-state index contributed by atoms with van der Waals surface area (Å²) >= 11 is 3.64. The number of alkyl halides is 1. The van der Waals surface area contributed by atoms with Crippen LogP contribution in [-0.2, 0) is 23.9 Å². The third-order valence-electron chi connectivity index (χ3n) is 7.21. The molecule has 3 fully saturated rings. The second-order valence-electron chi connectivity index (χ2n) is 9.47. The van der Waals surface area contributed by atoms with Crippen molar-refractivity contribution in [3.63, 3.8) is 0 Å². The molecule has 8 nitrogen and oxygen atoms in total. The van der Waals surface area contributed by atoms with Crippen molar-refractivity contribution in [3.8, 4) is 0 Å². The first-order chi connectivity index (χ1) is 16.3. The molecule has 3 rings (SSSR count). The van der Waals surface area contributed by atoms with Crippen LogP contribution in [0.25, 0.3) is 0 Å². The Morgan fingerprint density at radius 3 is 2.74 bits per heavy atom. The minimum absolute atomic E-state index is 0.189. The quantitative estimate of drug-likeness (QED) is 0.167. The molecule has 0 radical (unpaired) electrons. The topological polar surface area (TPSA) is 96.4 Å². The molecule has 9 heteroatoms. The zero-order chi connectivity index (χ0) is 25.0. The van der Waals surface area contributed by atoms with Gasteiger partial charge < -0.3 is 24.4 Å². The van der Waals surface area contributed by atoms with E-state index in [2.05, 4.69) is 29.1 Å². The molecular weight excluding hydrogens is 504 g/mol. The molecule has 34 heavy (non-hydrogen) atoms. The lowest BCUT2D eigenvalue weighted by Gasteiger charge is -2.38. The molecule has 0 aromatic carbocycles. The number of amides is 2. The largest absolute Gasteiger partial charge is 0.465 e. The number of aliphatic hydroxyl groups excluding tert-OH is 1. The summed E-state index contributed by atoms with van der Waals surface area (Å²) in [5.74, 6) is -2.66. The van der Waals surface area contributed by atoms with Crippen LogP contribution in [0, 0.1) is 11.8 Å². The highest BCUT2D eigenvalue weighted by molar-refractivity contribution is 9.09. The summed E-state index contributed by atoms with van der Waals surface area (Å²) in [4.78, 5) is 43.9. The summed E-state index contributed by atoms with van der Waals surface area (Å²) in [6.07, 6.45) is 6.41. The number of halogens is 1. The maximum Gasteiger partial charge on any atom is 0.312 e. The van der Waals surface area contributed by atoms with Gasteiger partial charge in [0.2, 0.25) is 11.8 Å². The number of nitrogens with zero attached hydrogens (tertiary/aromatic N) is 2. The lowest BCUT2D eigenvalue weighted by molar-refractivity contribution is -0.156. The van der Waals surface area contributed by atoms with Crippen molar-refractivity contribution < 1.29 is 29.0 Å². The molecule has 3 aliphatic heterocycles. The predicted octanol–water partition coefficient (Wildman–Crippen LogP) is 2.44. The lowest BCUT2D eigenvalue weighted by Crippen LogP contribution is -2.58. The van der Waals surface area contributed by atoms with Crippen molar-refractivity contribution in [2.75, 3.05) is 26.3 Å². The molecule has 0 aromatic rings. The zero-order valence-corrected chi connectivity index (χ0v) is 21.7. The number of esters is 1. The van der Waals surface area contributed by atoms with Gasteiger partial charge in [0.15, 0.2) is 0 Å². The first kappa shape index (κ1) is 26.9. The average Bonchev–Trinajstić information content (AvgIpc) is 3.41. The Hall–Kier alpha value is -1.71. The third kappa shape index (κ3) is 4.58. The molecule has 3 unspecified atom stereocenters. The second kappa shape index (κ2) is 11.4. The first-order valence-corrected chi connectivity index (χ1v) is 13.1. The highest BCUT2D eigenvalue weighted by Crippen LogP contribution is 2.60. The van der Waals surface area contributed by atoms with E-state index in [1.165, 1.54) is 4.90 Å². The van der Waals surface area contributed by atoms with Crippen LogP contribution < -0.4 is 0 Å².